The van der Waals surface area contributed by atoms with Gasteiger partial charge >= 0.3 is 6.18 Å². The summed E-state index contributed by atoms with van der Waals surface area (Å²) in [4.78, 5) is 20.5. The monoisotopic (exact) mass is 378 g/mol. The van der Waals surface area contributed by atoms with Crippen LogP contribution in [0.5, 0.6) is 5.88 Å². The molecular formula is C20H21F3N2O2. The van der Waals surface area contributed by atoms with Crippen molar-refractivity contribution in [1.82, 2.24) is 9.97 Å². The van der Waals surface area contributed by atoms with E-state index in [-0.39, 0.29) is 24.0 Å². The molecule has 0 unspecified atom stereocenters. The third-order valence-corrected chi connectivity index (χ3v) is 4.67. The average Bonchev–Trinajstić information content (AvgIpc) is 2.67. The van der Waals surface area contributed by atoms with E-state index in [4.69, 9.17) is 4.74 Å². The minimum Gasteiger partial charge on any atom is -0.468 e. The molecular weight excluding hydrogens is 357 g/mol. The molecule has 0 atom stereocenters. The zero-order valence-corrected chi connectivity index (χ0v) is 14.8. The lowest BCUT2D eigenvalue weighted by molar-refractivity contribution is -0.154. The number of hydrogen-bond acceptors (Lipinski definition) is 4. The first-order chi connectivity index (χ1) is 12.9. The van der Waals surface area contributed by atoms with Crippen LogP contribution in [0.1, 0.15) is 59.6 Å². The molecule has 1 fully saturated rings. The molecule has 2 aromatic heterocycles. The number of ketones is 1. The van der Waals surface area contributed by atoms with Crippen LogP contribution in [0, 0.1) is 0 Å². The predicted molar refractivity (Wildman–Crippen MR) is 93.9 cm³/mol. The van der Waals surface area contributed by atoms with E-state index in [9.17, 15) is 18.0 Å². The highest BCUT2D eigenvalue weighted by molar-refractivity contribution is 5.95. The maximum absolute atomic E-state index is 12.5. The summed E-state index contributed by atoms with van der Waals surface area (Å²) in [6.07, 6.45) is 3.61. The van der Waals surface area contributed by atoms with Crippen molar-refractivity contribution in [3.63, 3.8) is 0 Å². The molecule has 0 N–H and O–H groups in total. The SMILES string of the molecule is O=C(Cc1cnc(OCC(F)(F)F)c(C2CCCCC2)c1)c1ccccn1. The highest BCUT2D eigenvalue weighted by atomic mass is 19.4. The van der Waals surface area contributed by atoms with Gasteiger partial charge < -0.3 is 4.74 Å². The smallest absolute Gasteiger partial charge is 0.422 e. The van der Waals surface area contributed by atoms with Crippen molar-refractivity contribution in [2.24, 2.45) is 0 Å². The van der Waals surface area contributed by atoms with Crippen molar-refractivity contribution in [1.29, 1.82) is 0 Å². The van der Waals surface area contributed by atoms with Crippen LogP contribution in [0.4, 0.5) is 13.2 Å². The van der Waals surface area contributed by atoms with Gasteiger partial charge in [-0.05, 0) is 42.5 Å². The minimum absolute atomic E-state index is 0.0215. The standard InChI is InChI=1S/C20H21F3N2O2/c21-20(22,23)13-27-19-16(15-6-2-1-3-7-15)10-14(12-25-19)11-18(26)17-8-4-5-9-24-17/h4-5,8-10,12,15H,1-3,6-7,11,13H2. The number of carbonyl (C=O) groups excluding carboxylic acids is 1. The van der Waals surface area contributed by atoms with E-state index in [0.29, 0.717) is 16.8 Å². The van der Waals surface area contributed by atoms with Crippen LogP contribution in [0.25, 0.3) is 0 Å². The van der Waals surface area contributed by atoms with Gasteiger partial charge in [0.05, 0.1) is 0 Å². The fourth-order valence-corrected chi connectivity index (χ4v) is 3.39. The van der Waals surface area contributed by atoms with Crippen LogP contribution < -0.4 is 4.74 Å². The normalized spacial score (nSPS) is 15.5. The Balaban J connectivity index is 1.82. The van der Waals surface area contributed by atoms with Gasteiger partial charge in [-0.3, -0.25) is 9.78 Å². The van der Waals surface area contributed by atoms with E-state index in [1.165, 1.54) is 6.20 Å². The lowest BCUT2D eigenvalue weighted by atomic mass is 9.84. The van der Waals surface area contributed by atoms with Crippen molar-refractivity contribution < 1.29 is 22.7 Å². The molecule has 0 radical (unpaired) electrons. The van der Waals surface area contributed by atoms with Crippen LogP contribution >= 0.6 is 0 Å². The van der Waals surface area contributed by atoms with Crippen LogP contribution in [0.15, 0.2) is 36.7 Å². The molecule has 7 heteroatoms. The molecule has 1 aliphatic rings. The van der Waals surface area contributed by atoms with Gasteiger partial charge in [-0.2, -0.15) is 13.2 Å². The molecule has 0 saturated heterocycles. The Morgan fingerprint density at radius 3 is 2.59 bits per heavy atom. The van der Waals surface area contributed by atoms with Gasteiger partial charge in [0.25, 0.3) is 0 Å². The molecule has 0 aromatic carbocycles. The van der Waals surface area contributed by atoms with Gasteiger partial charge in [-0.25, -0.2) is 4.98 Å². The number of carbonyl (C=O) groups is 1. The van der Waals surface area contributed by atoms with Crippen molar-refractivity contribution in [3.05, 3.63) is 53.5 Å². The second-order valence-electron chi connectivity index (χ2n) is 6.79. The van der Waals surface area contributed by atoms with Crippen molar-refractivity contribution in [3.8, 4) is 5.88 Å². The van der Waals surface area contributed by atoms with Crippen LogP contribution in [-0.4, -0.2) is 28.5 Å². The highest BCUT2D eigenvalue weighted by Crippen LogP contribution is 2.37. The molecule has 2 heterocycles. The topological polar surface area (TPSA) is 52.1 Å². The van der Waals surface area contributed by atoms with E-state index < -0.39 is 12.8 Å². The fourth-order valence-electron chi connectivity index (χ4n) is 3.39. The number of rotatable bonds is 6. The first kappa shape index (κ1) is 19.3. The molecule has 3 rings (SSSR count). The molecule has 0 amide bonds. The van der Waals surface area contributed by atoms with Crippen molar-refractivity contribution in [2.75, 3.05) is 6.61 Å². The number of alkyl halides is 3. The summed E-state index contributed by atoms with van der Waals surface area (Å²) in [5.74, 6) is -0.0244. The van der Waals surface area contributed by atoms with Gasteiger partial charge in [-0.1, -0.05) is 25.3 Å². The third kappa shape index (κ3) is 5.52. The van der Waals surface area contributed by atoms with Gasteiger partial charge in [0.1, 0.15) is 5.69 Å². The number of nitrogens with zero attached hydrogens (tertiary/aromatic N) is 2. The molecule has 144 valence electrons. The van der Waals surface area contributed by atoms with Gasteiger partial charge in [0.2, 0.25) is 5.88 Å². The molecule has 27 heavy (non-hydrogen) atoms. The first-order valence-corrected chi connectivity index (χ1v) is 9.05. The summed E-state index contributed by atoms with van der Waals surface area (Å²) in [6, 6.07) is 6.88. The largest absolute Gasteiger partial charge is 0.468 e. The summed E-state index contributed by atoms with van der Waals surface area (Å²) in [7, 11) is 0. The van der Waals surface area contributed by atoms with E-state index in [1.807, 2.05) is 0 Å². The Labute approximate surface area is 155 Å². The molecule has 1 saturated carbocycles. The zero-order chi connectivity index (χ0) is 19.3. The number of halogens is 3. The maximum Gasteiger partial charge on any atom is 0.422 e. The fraction of sp³-hybridized carbons (Fsp3) is 0.450. The Kier molecular flexibility index (Phi) is 6.08. The Hall–Kier alpha value is -2.44. The summed E-state index contributed by atoms with van der Waals surface area (Å²) in [5.41, 5.74) is 1.69. The minimum atomic E-state index is -4.42. The lowest BCUT2D eigenvalue weighted by Gasteiger charge is -2.24. The average molecular weight is 378 g/mol. The molecule has 0 spiro atoms. The molecule has 1 aliphatic carbocycles. The quantitative estimate of drug-likeness (QED) is 0.672. The second-order valence-corrected chi connectivity index (χ2v) is 6.79. The number of Topliss-reactive ketones (excluding diaryl/α,β-unsaturated/α-hetero) is 1. The van der Waals surface area contributed by atoms with Gasteiger partial charge in [0, 0.05) is 24.4 Å². The number of pyridine rings is 2. The van der Waals surface area contributed by atoms with Gasteiger partial charge in [-0.15, -0.1) is 0 Å². The Morgan fingerprint density at radius 2 is 1.93 bits per heavy atom. The van der Waals surface area contributed by atoms with E-state index in [0.717, 1.165) is 32.1 Å². The van der Waals surface area contributed by atoms with Crippen LogP contribution in [0.3, 0.4) is 0 Å². The first-order valence-electron chi connectivity index (χ1n) is 9.05. The molecule has 4 nitrogen and oxygen atoms in total. The van der Waals surface area contributed by atoms with Crippen molar-refractivity contribution in [2.45, 2.75) is 50.6 Å². The van der Waals surface area contributed by atoms with E-state index in [2.05, 4.69) is 9.97 Å². The Bertz CT molecular complexity index is 773. The molecule has 0 bridgehead atoms. The van der Waals surface area contributed by atoms with E-state index in [1.54, 1.807) is 30.5 Å². The maximum atomic E-state index is 12.5. The zero-order valence-electron chi connectivity index (χ0n) is 14.8. The molecule has 0 aliphatic heterocycles. The van der Waals surface area contributed by atoms with Gasteiger partial charge in [0.15, 0.2) is 12.4 Å². The lowest BCUT2D eigenvalue weighted by Crippen LogP contribution is -2.21. The number of ether oxygens (including phenoxy) is 1. The summed E-state index contributed by atoms with van der Waals surface area (Å²) in [5, 5.41) is 0. The molecule has 2 aromatic rings. The second kappa shape index (κ2) is 8.50. The summed E-state index contributed by atoms with van der Waals surface area (Å²) >= 11 is 0. The number of aromatic nitrogens is 2. The Morgan fingerprint density at radius 1 is 1.15 bits per heavy atom. The van der Waals surface area contributed by atoms with Crippen molar-refractivity contribution >= 4 is 5.78 Å². The predicted octanol–water partition coefficient (Wildman–Crippen LogP) is 4.89. The van der Waals surface area contributed by atoms with Crippen LogP contribution in [-0.2, 0) is 6.42 Å². The summed E-state index contributed by atoms with van der Waals surface area (Å²) < 4.78 is 42.6. The third-order valence-electron chi connectivity index (χ3n) is 4.67. The van der Waals surface area contributed by atoms with E-state index >= 15 is 0 Å². The summed E-state index contributed by atoms with van der Waals surface area (Å²) in [6.45, 7) is -1.37. The highest BCUT2D eigenvalue weighted by Gasteiger charge is 2.30. The van der Waals surface area contributed by atoms with Crippen LogP contribution in [0.2, 0.25) is 0 Å². The number of hydrogen-bond donors (Lipinski definition) is 0.